The summed E-state index contributed by atoms with van der Waals surface area (Å²) in [5, 5.41) is 3.20. The van der Waals surface area contributed by atoms with Crippen LogP contribution in [0.15, 0.2) is 48.5 Å². The van der Waals surface area contributed by atoms with E-state index < -0.39 is 11.7 Å². The molecule has 2 aromatic rings. The molecule has 0 saturated carbocycles. The summed E-state index contributed by atoms with van der Waals surface area (Å²) in [4.78, 5) is 25.3. The topological polar surface area (TPSA) is 49.4 Å². The highest BCUT2D eigenvalue weighted by Gasteiger charge is 2.13. The van der Waals surface area contributed by atoms with Crippen LogP contribution in [-0.2, 0) is 11.3 Å². The van der Waals surface area contributed by atoms with Gasteiger partial charge in [0.1, 0.15) is 5.82 Å². The second-order valence-corrected chi connectivity index (χ2v) is 5.67. The van der Waals surface area contributed by atoms with Crippen LogP contribution in [0.2, 0.25) is 5.02 Å². The molecule has 0 bridgehead atoms. The van der Waals surface area contributed by atoms with E-state index in [1.807, 2.05) is 18.2 Å². The van der Waals surface area contributed by atoms with Crippen LogP contribution in [0.1, 0.15) is 22.8 Å². The first-order valence-corrected chi connectivity index (χ1v) is 7.88. The van der Waals surface area contributed by atoms with Crippen LogP contribution in [0, 0.1) is 5.82 Å². The molecule has 126 valence electrons. The fourth-order valence-corrected chi connectivity index (χ4v) is 2.42. The first kappa shape index (κ1) is 17.9. The molecular weight excluding hydrogens is 331 g/mol. The number of benzene rings is 2. The molecule has 0 radical (unpaired) electrons. The molecule has 2 aromatic carbocycles. The number of nitrogens with zero attached hydrogens (tertiary/aromatic N) is 1. The Morgan fingerprint density at radius 3 is 2.46 bits per heavy atom. The minimum absolute atomic E-state index is 0.0158. The smallest absolute Gasteiger partial charge is 0.254 e. The summed E-state index contributed by atoms with van der Waals surface area (Å²) in [5.41, 5.74) is 0.813. The maximum Gasteiger partial charge on any atom is 0.254 e. The predicted molar refractivity (Wildman–Crippen MR) is 91.3 cm³/mol. The molecule has 24 heavy (non-hydrogen) atoms. The predicted octanol–water partition coefficient (Wildman–Crippen LogP) is 3.26. The van der Waals surface area contributed by atoms with Gasteiger partial charge >= 0.3 is 0 Å². The molecule has 0 aromatic heterocycles. The highest BCUT2D eigenvalue weighted by atomic mass is 35.5. The van der Waals surface area contributed by atoms with Crippen molar-refractivity contribution >= 4 is 23.4 Å². The van der Waals surface area contributed by atoms with Crippen molar-refractivity contribution in [1.82, 2.24) is 10.2 Å². The maximum atomic E-state index is 13.5. The lowest BCUT2D eigenvalue weighted by atomic mass is 10.2. The molecule has 0 heterocycles. The molecule has 4 nitrogen and oxygen atoms in total. The van der Waals surface area contributed by atoms with Gasteiger partial charge in [-0.05, 0) is 23.8 Å². The third-order valence-electron chi connectivity index (χ3n) is 3.55. The zero-order valence-corrected chi connectivity index (χ0v) is 14.0. The van der Waals surface area contributed by atoms with Gasteiger partial charge in [0, 0.05) is 31.6 Å². The molecule has 1 N–H and O–H groups in total. The summed E-state index contributed by atoms with van der Waals surface area (Å²) in [6, 6.07) is 13.0. The summed E-state index contributed by atoms with van der Waals surface area (Å²) in [5.74, 6) is -1.21. The zero-order chi connectivity index (χ0) is 17.5. The number of hydrogen-bond acceptors (Lipinski definition) is 2. The quantitative estimate of drug-likeness (QED) is 0.871. The van der Waals surface area contributed by atoms with Crippen LogP contribution < -0.4 is 5.32 Å². The molecule has 0 atom stereocenters. The molecule has 0 fully saturated rings. The summed E-state index contributed by atoms with van der Waals surface area (Å²) in [7, 11) is 0. The first-order chi connectivity index (χ1) is 11.5. The molecule has 2 rings (SSSR count). The summed E-state index contributed by atoms with van der Waals surface area (Å²) in [6.45, 7) is 2.33. The van der Waals surface area contributed by atoms with Gasteiger partial charge in [-0.15, -0.1) is 0 Å². The Morgan fingerprint density at radius 2 is 1.79 bits per heavy atom. The first-order valence-electron chi connectivity index (χ1n) is 7.50. The summed E-state index contributed by atoms with van der Waals surface area (Å²) < 4.78 is 13.5. The minimum Gasteiger partial charge on any atom is -0.350 e. The third kappa shape index (κ3) is 4.80. The van der Waals surface area contributed by atoms with Gasteiger partial charge in [-0.3, -0.25) is 9.59 Å². The minimum atomic E-state index is -0.575. The highest BCUT2D eigenvalue weighted by molar-refractivity contribution is 6.31. The van der Waals surface area contributed by atoms with Crippen molar-refractivity contribution in [1.29, 1.82) is 0 Å². The van der Waals surface area contributed by atoms with Gasteiger partial charge in [-0.1, -0.05) is 41.9 Å². The molecule has 0 spiro atoms. The Labute approximate surface area is 145 Å². The Kier molecular flexibility index (Phi) is 6.32. The van der Waals surface area contributed by atoms with Crippen molar-refractivity contribution < 1.29 is 14.0 Å². The fraction of sp³-hybridized carbons (Fsp3) is 0.222. The van der Waals surface area contributed by atoms with E-state index in [4.69, 9.17) is 11.6 Å². The van der Waals surface area contributed by atoms with Crippen LogP contribution in [0.25, 0.3) is 0 Å². The van der Waals surface area contributed by atoms with E-state index in [0.29, 0.717) is 18.1 Å². The van der Waals surface area contributed by atoms with Crippen molar-refractivity contribution in [3.8, 4) is 0 Å². The average Bonchev–Trinajstić information content (AvgIpc) is 2.55. The number of hydrogen-bond donors (Lipinski definition) is 1. The number of carbonyl (C=O) groups is 2. The van der Waals surface area contributed by atoms with Crippen molar-refractivity contribution in [3.05, 3.63) is 70.5 Å². The molecular formula is C18H18ClFN2O2. The molecule has 0 aliphatic heterocycles. The number of rotatable bonds is 6. The summed E-state index contributed by atoms with van der Waals surface area (Å²) in [6.07, 6.45) is 0. The molecule has 0 unspecified atom stereocenters. The molecule has 2 amide bonds. The normalized spacial score (nSPS) is 10.3. The van der Waals surface area contributed by atoms with Crippen molar-refractivity contribution in [2.75, 3.05) is 13.1 Å². The highest BCUT2D eigenvalue weighted by Crippen LogP contribution is 2.17. The van der Waals surface area contributed by atoms with E-state index in [0.717, 1.165) is 5.56 Å². The van der Waals surface area contributed by atoms with Gasteiger partial charge in [-0.25, -0.2) is 4.39 Å². The van der Waals surface area contributed by atoms with E-state index in [-0.39, 0.29) is 18.0 Å². The summed E-state index contributed by atoms with van der Waals surface area (Å²) >= 11 is 6.11. The third-order valence-corrected chi connectivity index (χ3v) is 3.92. The number of carbonyl (C=O) groups excluding carboxylic acids is 2. The van der Waals surface area contributed by atoms with E-state index in [2.05, 4.69) is 5.32 Å². The Bertz CT molecular complexity index is 736. The number of halogens is 2. The van der Waals surface area contributed by atoms with Crippen LogP contribution in [0.4, 0.5) is 4.39 Å². The molecule has 0 aliphatic carbocycles. The number of amides is 2. The van der Waals surface area contributed by atoms with E-state index in [1.165, 1.54) is 25.1 Å². The maximum absolute atomic E-state index is 13.5. The van der Waals surface area contributed by atoms with Crippen LogP contribution in [0.5, 0.6) is 0 Å². The Morgan fingerprint density at radius 1 is 1.12 bits per heavy atom. The zero-order valence-electron chi connectivity index (χ0n) is 13.3. The van der Waals surface area contributed by atoms with Crippen molar-refractivity contribution in [2.45, 2.75) is 13.5 Å². The van der Waals surface area contributed by atoms with Crippen LogP contribution >= 0.6 is 11.6 Å². The second-order valence-electron chi connectivity index (χ2n) is 5.27. The Balaban J connectivity index is 1.93. The lowest BCUT2D eigenvalue weighted by molar-refractivity contribution is -0.129. The van der Waals surface area contributed by atoms with Gasteiger partial charge in [0.2, 0.25) is 5.91 Å². The van der Waals surface area contributed by atoms with E-state index >= 15 is 0 Å². The van der Waals surface area contributed by atoms with Crippen LogP contribution in [0.3, 0.4) is 0 Å². The van der Waals surface area contributed by atoms with Gasteiger partial charge in [0.15, 0.2) is 0 Å². The second kappa shape index (κ2) is 8.45. The van der Waals surface area contributed by atoms with E-state index in [1.54, 1.807) is 17.0 Å². The van der Waals surface area contributed by atoms with E-state index in [9.17, 15) is 14.0 Å². The monoisotopic (exact) mass is 348 g/mol. The standard InChI is InChI=1S/C18H18ClFN2O2/c1-13(23)22(12-14-6-2-4-8-16(14)19)11-10-21-18(24)15-7-3-5-9-17(15)20/h2-9H,10-12H2,1H3,(H,21,24). The van der Waals surface area contributed by atoms with Crippen LogP contribution in [-0.4, -0.2) is 29.8 Å². The van der Waals surface area contributed by atoms with Crippen molar-refractivity contribution in [2.24, 2.45) is 0 Å². The van der Waals surface area contributed by atoms with Crippen molar-refractivity contribution in [3.63, 3.8) is 0 Å². The van der Waals surface area contributed by atoms with Gasteiger partial charge in [0.25, 0.3) is 5.91 Å². The molecule has 6 heteroatoms. The number of nitrogens with one attached hydrogen (secondary N) is 1. The SMILES string of the molecule is CC(=O)N(CCNC(=O)c1ccccc1F)Cc1ccccc1Cl. The largest absolute Gasteiger partial charge is 0.350 e. The van der Waals surface area contributed by atoms with Gasteiger partial charge in [0.05, 0.1) is 5.56 Å². The Hall–Kier alpha value is -2.40. The lowest BCUT2D eigenvalue weighted by Crippen LogP contribution is -2.37. The fourth-order valence-electron chi connectivity index (χ4n) is 2.23. The van der Waals surface area contributed by atoms with Gasteiger partial charge < -0.3 is 10.2 Å². The lowest BCUT2D eigenvalue weighted by Gasteiger charge is -2.22. The molecule has 0 aliphatic rings. The molecule has 0 saturated heterocycles. The average molecular weight is 349 g/mol. The van der Waals surface area contributed by atoms with Gasteiger partial charge in [-0.2, -0.15) is 0 Å².